The van der Waals surface area contributed by atoms with Gasteiger partial charge in [0, 0.05) is 31.2 Å². The number of fused-ring (bicyclic) bond motifs is 2. The van der Waals surface area contributed by atoms with Crippen LogP contribution >= 0.6 is 0 Å². The lowest BCUT2D eigenvalue weighted by Crippen LogP contribution is -2.65. The van der Waals surface area contributed by atoms with Gasteiger partial charge in [0.25, 0.3) is 18.8 Å². The lowest BCUT2D eigenvalue weighted by atomic mass is 9.60. The zero-order valence-electron chi connectivity index (χ0n) is 18.2. The Hall–Kier alpha value is -2.47. The predicted molar refractivity (Wildman–Crippen MR) is 111 cm³/mol. The Labute approximate surface area is 193 Å². The van der Waals surface area contributed by atoms with Gasteiger partial charge in [-0.1, -0.05) is 0 Å². The first kappa shape index (κ1) is 24.6. The SMILES string of the molecule is O=C(COc1ccc(C(F)F)c(F)c1)NC1CC(NC(=O)C2CNC(C(F)F)CN2)C2CC1C2. The minimum atomic E-state index is -2.94. The van der Waals surface area contributed by atoms with Crippen molar-refractivity contribution in [1.29, 1.82) is 0 Å². The Morgan fingerprint density at radius 2 is 1.71 bits per heavy atom. The third-order valence-electron chi connectivity index (χ3n) is 6.90. The summed E-state index contributed by atoms with van der Waals surface area (Å²) in [5.41, 5.74) is -0.736. The molecule has 4 atom stereocenters. The number of carbonyl (C=O) groups is 2. The number of rotatable bonds is 8. The van der Waals surface area contributed by atoms with Gasteiger partial charge in [-0.15, -0.1) is 0 Å². The topological polar surface area (TPSA) is 91.5 Å². The first-order valence-corrected chi connectivity index (χ1v) is 11.3. The van der Waals surface area contributed by atoms with E-state index in [0.717, 1.165) is 25.0 Å². The fourth-order valence-corrected chi connectivity index (χ4v) is 4.88. The molecule has 3 saturated carbocycles. The summed E-state index contributed by atoms with van der Waals surface area (Å²) in [7, 11) is 0. The molecule has 7 nitrogen and oxygen atoms in total. The largest absolute Gasteiger partial charge is 0.484 e. The molecule has 0 spiro atoms. The molecule has 4 N–H and O–H groups in total. The first-order chi connectivity index (χ1) is 16.2. The van der Waals surface area contributed by atoms with Gasteiger partial charge in [0.1, 0.15) is 11.6 Å². The van der Waals surface area contributed by atoms with Crippen LogP contribution in [0.4, 0.5) is 22.0 Å². The molecule has 4 unspecified atom stereocenters. The molecule has 3 aliphatic carbocycles. The van der Waals surface area contributed by atoms with E-state index in [9.17, 15) is 31.5 Å². The maximum absolute atomic E-state index is 13.7. The molecule has 1 aromatic rings. The second kappa shape index (κ2) is 10.4. The van der Waals surface area contributed by atoms with Gasteiger partial charge in [-0.25, -0.2) is 22.0 Å². The monoisotopic (exact) mass is 490 g/mol. The number of hydrogen-bond acceptors (Lipinski definition) is 5. The van der Waals surface area contributed by atoms with Crippen LogP contribution in [0.5, 0.6) is 5.75 Å². The van der Waals surface area contributed by atoms with Gasteiger partial charge < -0.3 is 26.0 Å². The van der Waals surface area contributed by atoms with Crippen molar-refractivity contribution < 1.29 is 36.3 Å². The molecule has 2 bridgehead atoms. The van der Waals surface area contributed by atoms with Crippen molar-refractivity contribution in [2.45, 2.75) is 56.3 Å². The number of amides is 2. The molecule has 1 heterocycles. The Kier molecular flexibility index (Phi) is 7.56. The summed E-state index contributed by atoms with van der Waals surface area (Å²) in [6, 6.07) is 1.01. The van der Waals surface area contributed by atoms with Crippen molar-refractivity contribution in [1.82, 2.24) is 21.3 Å². The molecule has 1 aromatic carbocycles. The van der Waals surface area contributed by atoms with Gasteiger partial charge in [0.2, 0.25) is 5.91 Å². The van der Waals surface area contributed by atoms with Crippen LogP contribution in [0, 0.1) is 17.7 Å². The second-order valence-electron chi connectivity index (χ2n) is 9.10. The van der Waals surface area contributed by atoms with Gasteiger partial charge in [0.05, 0.1) is 17.6 Å². The van der Waals surface area contributed by atoms with Gasteiger partial charge in [-0.05, 0) is 43.2 Å². The summed E-state index contributed by atoms with van der Waals surface area (Å²) in [5.74, 6) is -1.25. The lowest BCUT2D eigenvalue weighted by molar-refractivity contribution is -0.127. The molecule has 0 radical (unpaired) electrons. The van der Waals surface area contributed by atoms with Crippen LogP contribution in [0.2, 0.25) is 0 Å². The van der Waals surface area contributed by atoms with Gasteiger partial charge >= 0.3 is 0 Å². The fourth-order valence-electron chi connectivity index (χ4n) is 4.88. The number of carbonyl (C=O) groups excluding carboxylic acids is 2. The molecule has 188 valence electrons. The first-order valence-electron chi connectivity index (χ1n) is 11.3. The zero-order chi connectivity index (χ0) is 24.4. The summed E-state index contributed by atoms with van der Waals surface area (Å²) in [4.78, 5) is 25.0. The van der Waals surface area contributed by atoms with Crippen LogP contribution in [0.25, 0.3) is 0 Å². The number of nitrogens with one attached hydrogen (secondary N) is 4. The van der Waals surface area contributed by atoms with Crippen molar-refractivity contribution in [3.63, 3.8) is 0 Å². The second-order valence-corrected chi connectivity index (χ2v) is 9.10. The van der Waals surface area contributed by atoms with Crippen molar-refractivity contribution in [3.8, 4) is 5.75 Å². The van der Waals surface area contributed by atoms with Crippen molar-refractivity contribution in [2.75, 3.05) is 19.7 Å². The number of alkyl halides is 4. The molecule has 34 heavy (non-hydrogen) atoms. The van der Waals surface area contributed by atoms with Crippen LogP contribution in [-0.4, -0.2) is 62.1 Å². The van der Waals surface area contributed by atoms with E-state index < -0.39 is 48.8 Å². The number of piperazine rings is 1. The van der Waals surface area contributed by atoms with Crippen LogP contribution in [0.15, 0.2) is 18.2 Å². The van der Waals surface area contributed by atoms with E-state index >= 15 is 0 Å². The minimum absolute atomic E-state index is 0.000627. The summed E-state index contributed by atoms with van der Waals surface area (Å²) >= 11 is 0. The normalized spacial score (nSPS) is 30.6. The van der Waals surface area contributed by atoms with Gasteiger partial charge in [0.15, 0.2) is 6.61 Å². The third-order valence-corrected chi connectivity index (χ3v) is 6.90. The number of ether oxygens (including phenoxy) is 1. The molecule has 0 aromatic heterocycles. The van der Waals surface area contributed by atoms with Crippen LogP contribution < -0.4 is 26.0 Å². The van der Waals surface area contributed by atoms with E-state index in [0.29, 0.717) is 12.3 Å². The number of benzene rings is 1. The van der Waals surface area contributed by atoms with Gasteiger partial charge in [-0.3, -0.25) is 9.59 Å². The molecule has 12 heteroatoms. The average Bonchev–Trinajstić information content (AvgIpc) is 2.76. The summed E-state index contributed by atoms with van der Waals surface area (Å²) < 4.78 is 69.6. The highest BCUT2D eigenvalue weighted by molar-refractivity contribution is 5.82. The maximum atomic E-state index is 13.7. The van der Waals surface area contributed by atoms with Crippen molar-refractivity contribution >= 4 is 11.8 Å². The molecule has 5 rings (SSSR count). The van der Waals surface area contributed by atoms with E-state index in [-0.39, 0.29) is 42.7 Å². The quantitative estimate of drug-likeness (QED) is 0.417. The average molecular weight is 490 g/mol. The van der Waals surface area contributed by atoms with E-state index in [2.05, 4.69) is 21.3 Å². The fraction of sp³-hybridized carbons (Fsp3) is 0.636. The maximum Gasteiger partial charge on any atom is 0.266 e. The highest BCUT2D eigenvalue weighted by Gasteiger charge is 2.47. The standard InChI is InChI=1S/C22H27F5N4O3/c23-14-5-12(1-2-13(14)20(24)25)34-9-19(32)30-15-6-16(11-3-10(15)4-11)31-22(33)18-8-28-17(7-29-18)21(26)27/h1-2,5,10-11,15-18,20-21,28-29H,3-4,6-9H2,(H,30,32)(H,31,33). The van der Waals surface area contributed by atoms with Crippen molar-refractivity contribution in [2.24, 2.45) is 11.8 Å². The third kappa shape index (κ3) is 5.60. The minimum Gasteiger partial charge on any atom is -0.484 e. The smallest absolute Gasteiger partial charge is 0.266 e. The van der Waals surface area contributed by atoms with E-state index in [1.54, 1.807) is 0 Å². The Balaban J connectivity index is 1.23. The lowest BCUT2D eigenvalue weighted by Gasteiger charge is -2.51. The Morgan fingerprint density at radius 3 is 2.29 bits per heavy atom. The molecule has 1 saturated heterocycles. The predicted octanol–water partition coefficient (Wildman–Crippen LogP) is 1.74. The Morgan fingerprint density at radius 1 is 1.00 bits per heavy atom. The van der Waals surface area contributed by atoms with Crippen molar-refractivity contribution in [3.05, 3.63) is 29.6 Å². The summed E-state index contributed by atoms with van der Waals surface area (Å²) in [6.07, 6.45) is -3.22. The summed E-state index contributed by atoms with van der Waals surface area (Å²) in [6.45, 7) is -0.295. The summed E-state index contributed by atoms with van der Waals surface area (Å²) in [5, 5.41) is 11.4. The molecule has 4 fully saturated rings. The molecular weight excluding hydrogens is 463 g/mol. The van der Waals surface area contributed by atoms with E-state index in [1.165, 1.54) is 6.07 Å². The van der Waals surface area contributed by atoms with E-state index in [1.807, 2.05) is 0 Å². The zero-order valence-corrected chi connectivity index (χ0v) is 18.2. The van der Waals surface area contributed by atoms with Gasteiger partial charge in [-0.2, -0.15) is 0 Å². The molecular formula is C22H27F5N4O3. The molecule has 1 aliphatic heterocycles. The van der Waals surface area contributed by atoms with Crippen LogP contribution in [0.1, 0.15) is 31.3 Å². The highest BCUT2D eigenvalue weighted by Crippen LogP contribution is 2.45. The number of halogens is 5. The van der Waals surface area contributed by atoms with E-state index in [4.69, 9.17) is 4.74 Å². The molecule has 4 aliphatic rings. The number of hydrogen-bond donors (Lipinski definition) is 4. The molecule has 2 amide bonds. The highest BCUT2D eigenvalue weighted by atomic mass is 19.3. The Bertz CT molecular complexity index is 891. The van der Waals surface area contributed by atoms with Crippen LogP contribution in [-0.2, 0) is 9.59 Å². The van der Waals surface area contributed by atoms with Crippen LogP contribution in [0.3, 0.4) is 0 Å².